The summed E-state index contributed by atoms with van der Waals surface area (Å²) in [5, 5.41) is 6.20. The van der Waals surface area contributed by atoms with E-state index in [0.717, 1.165) is 22.7 Å². The van der Waals surface area contributed by atoms with E-state index in [1.807, 2.05) is 11.3 Å². The summed E-state index contributed by atoms with van der Waals surface area (Å²) >= 11 is 1.88. The number of benzene rings is 5. The maximum atomic E-state index is 6.13. The fraction of sp³-hybridized carbons (Fsp3) is 0.0526. The van der Waals surface area contributed by atoms with Crippen molar-refractivity contribution in [2.45, 2.75) is 6.10 Å². The minimum Gasteiger partial charge on any atom is -0.485 e. The zero-order chi connectivity index (χ0) is 27.2. The first-order valence-corrected chi connectivity index (χ1v) is 14.8. The van der Waals surface area contributed by atoms with E-state index in [0.29, 0.717) is 5.92 Å². The molecule has 1 aliphatic carbocycles. The number of allylic oxidation sites excluding steroid dienone is 2. The van der Waals surface area contributed by atoms with Crippen molar-refractivity contribution in [1.82, 2.24) is 0 Å². The summed E-state index contributed by atoms with van der Waals surface area (Å²) in [6.07, 6.45) is 10.8. The van der Waals surface area contributed by atoms with Gasteiger partial charge >= 0.3 is 0 Å². The van der Waals surface area contributed by atoms with E-state index in [1.165, 1.54) is 42.4 Å². The fourth-order valence-electron chi connectivity index (χ4n) is 5.84. The van der Waals surface area contributed by atoms with Gasteiger partial charge in [0.15, 0.2) is 0 Å². The maximum Gasteiger partial charge on any atom is 0.127 e. The fourth-order valence-corrected chi connectivity index (χ4v) is 7.08. The van der Waals surface area contributed by atoms with Gasteiger partial charge in [-0.15, -0.1) is 11.3 Å². The summed E-state index contributed by atoms with van der Waals surface area (Å²) in [7, 11) is 0. The lowest BCUT2D eigenvalue weighted by Crippen LogP contribution is -2.13. The van der Waals surface area contributed by atoms with Gasteiger partial charge in [-0.2, -0.15) is 0 Å². The van der Waals surface area contributed by atoms with E-state index in [9.17, 15) is 0 Å². The van der Waals surface area contributed by atoms with E-state index in [1.54, 1.807) is 0 Å². The lowest BCUT2D eigenvalue weighted by molar-refractivity contribution is 0.213. The van der Waals surface area contributed by atoms with Gasteiger partial charge in [-0.1, -0.05) is 91.0 Å². The predicted molar refractivity (Wildman–Crippen MR) is 175 cm³/mol. The Morgan fingerprint density at radius 3 is 1.95 bits per heavy atom. The summed E-state index contributed by atoms with van der Waals surface area (Å²) < 4.78 is 8.82. The molecule has 0 amide bonds. The third-order valence-corrected chi connectivity index (χ3v) is 9.23. The molecule has 1 aromatic heterocycles. The van der Waals surface area contributed by atoms with Gasteiger partial charge in [0, 0.05) is 43.0 Å². The third kappa shape index (κ3) is 4.45. The van der Waals surface area contributed by atoms with Crippen LogP contribution in [0.15, 0.2) is 146 Å². The van der Waals surface area contributed by atoms with Crippen molar-refractivity contribution in [1.29, 1.82) is 0 Å². The minimum atomic E-state index is 0.124. The van der Waals surface area contributed by atoms with Gasteiger partial charge in [0.2, 0.25) is 0 Å². The molecule has 196 valence electrons. The third-order valence-electron chi connectivity index (χ3n) is 8.01. The number of hydrogen-bond acceptors (Lipinski definition) is 3. The summed E-state index contributed by atoms with van der Waals surface area (Å²) in [6, 6.07) is 41.3. The Morgan fingerprint density at radius 1 is 0.561 bits per heavy atom. The Kier molecular flexibility index (Phi) is 5.82. The van der Waals surface area contributed by atoms with Crippen LogP contribution in [-0.4, -0.2) is 6.10 Å². The SMILES string of the molecule is C1=CC2C=C(c3ccc(Nc4ccc(-c5ccc(-c6cccc7c6sc6ccccc67)cc5)cc4)cc3)OC2C=C1. The molecule has 2 atom stereocenters. The van der Waals surface area contributed by atoms with Crippen LogP contribution in [0.25, 0.3) is 48.2 Å². The molecule has 0 saturated heterocycles. The highest BCUT2D eigenvalue weighted by atomic mass is 32.1. The maximum absolute atomic E-state index is 6.13. The molecule has 0 radical (unpaired) electrons. The van der Waals surface area contributed by atoms with E-state index in [2.05, 4.69) is 151 Å². The quantitative estimate of drug-likeness (QED) is 0.233. The highest BCUT2D eigenvalue weighted by molar-refractivity contribution is 7.26. The van der Waals surface area contributed by atoms with E-state index < -0.39 is 0 Å². The Labute approximate surface area is 243 Å². The molecule has 2 nitrogen and oxygen atoms in total. The van der Waals surface area contributed by atoms with Gasteiger partial charge < -0.3 is 10.1 Å². The van der Waals surface area contributed by atoms with Crippen LogP contribution in [0.3, 0.4) is 0 Å². The van der Waals surface area contributed by atoms with Crippen molar-refractivity contribution in [3.05, 3.63) is 151 Å². The number of fused-ring (bicyclic) bond motifs is 4. The van der Waals surface area contributed by atoms with Crippen molar-refractivity contribution < 1.29 is 4.74 Å². The zero-order valence-electron chi connectivity index (χ0n) is 22.3. The molecule has 5 aromatic carbocycles. The first kappa shape index (κ1) is 24.0. The van der Waals surface area contributed by atoms with Crippen LogP contribution in [0.4, 0.5) is 11.4 Å². The molecule has 8 rings (SSSR count). The Balaban J connectivity index is 0.977. The summed E-state index contributed by atoms with van der Waals surface area (Å²) in [6.45, 7) is 0. The van der Waals surface area contributed by atoms with Crippen LogP contribution in [0.2, 0.25) is 0 Å². The van der Waals surface area contributed by atoms with Crippen LogP contribution < -0.4 is 5.32 Å². The van der Waals surface area contributed by atoms with Crippen LogP contribution in [0, 0.1) is 5.92 Å². The molecular weight excluding hydrogens is 518 g/mol. The average molecular weight is 546 g/mol. The second-order valence-corrected chi connectivity index (χ2v) is 11.7. The highest BCUT2D eigenvalue weighted by Crippen LogP contribution is 2.40. The van der Waals surface area contributed by atoms with E-state index in [4.69, 9.17) is 4.74 Å². The van der Waals surface area contributed by atoms with E-state index in [-0.39, 0.29) is 6.10 Å². The number of ether oxygens (including phenoxy) is 1. The van der Waals surface area contributed by atoms with Gasteiger partial charge in [-0.05, 0) is 76.9 Å². The molecule has 6 aromatic rings. The predicted octanol–water partition coefficient (Wildman–Crippen LogP) is 10.6. The average Bonchev–Trinajstić information content (AvgIpc) is 3.64. The van der Waals surface area contributed by atoms with Crippen LogP contribution in [0.5, 0.6) is 0 Å². The van der Waals surface area contributed by atoms with Gasteiger partial charge in [-0.3, -0.25) is 0 Å². The van der Waals surface area contributed by atoms with Gasteiger partial charge in [0.1, 0.15) is 11.9 Å². The molecule has 0 fully saturated rings. The Bertz CT molecular complexity index is 1980. The molecule has 41 heavy (non-hydrogen) atoms. The summed E-state index contributed by atoms with van der Waals surface area (Å²) in [4.78, 5) is 0. The second kappa shape index (κ2) is 9.96. The lowest BCUT2D eigenvalue weighted by Gasteiger charge is -2.15. The number of nitrogens with one attached hydrogen (secondary N) is 1. The number of rotatable bonds is 5. The monoisotopic (exact) mass is 545 g/mol. The van der Waals surface area contributed by atoms with Crippen LogP contribution in [0.1, 0.15) is 5.56 Å². The van der Waals surface area contributed by atoms with Gasteiger partial charge in [-0.25, -0.2) is 0 Å². The molecule has 2 aliphatic rings. The number of hydrogen-bond donors (Lipinski definition) is 1. The van der Waals surface area contributed by atoms with Crippen molar-refractivity contribution in [3.8, 4) is 22.3 Å². The van der Waals surface area contributed by atoms with Crippen molar-refractivity contribution in [3.63, 3.8) is 0 Å². The minimum absolute atomic E-state index is 0.124. The summed E-state index contributed by atoms with van der Waals surface area (Å²) in [5.74, 6) is 1.29. The standard InChI is InChI=1S/C38H27NOS/c1-3-10-35-29(6-1)24-36(40-35)28-18-22-31(23-19-28)39-30-20-16-26(17-21-30)25-12-14-27(15-13-25)32-8-5-9-34-33-7-2-4-11-37(33)41-38(32)34/h1-24,29,35,39H. The molecule has 2 heterocycles. The molecule has 1 N–H and O–H groups in total. The largest absolute Gasteiger partial charge is 0.485 e. The smallest absolute Gasteiger partial charge is 0.127 e. The van der Waals surface area contributed by atoms with Crippen molar-refractivity contribution in [2.75, 3.05) is 5.32 Å². The molecule has 1 aliphatic heterocycles. The molecule has 2 unspecified atom stereocenters. The highest BCUT2D eigenvalue weighted by Gasteiger charge is 2.27. The van der Waals surface area contributed by atoms with E-state index >= 15 is 0 Å². The first-order valence-electron chi connectivity index (χ1n) is 14.0. The normalized spacial score (nSPS) is 17.4. The lowest BCUT2D eigenvalue weighted by atomic mass is 9.98. The molecule has 0 saturated carbocycles. The topological polar surface area (TPSA) is 21.3 Å². The molecule has 0 spiro atoms. The van der Waals surface area contributed by atoms with Crippen LogP contribution in [-0.2, 0) is 4.74 Å². The van der Waals surface area contributed by atoms with Crippen LogP contribution >= 0.6 is 11.3 Å². The summed E-state index contributed by atoms with van der Waals surface area (Å²) in [5.41, 5.74) is 8.18. The first-order chi connectivity index (χ1) is 20.3. The Hall–Kier alpha value is -4.86. The molecule has 0 bridgehead atoms. The molecular formula is C38H27NOS. The second-order valence-electron chi connectivity index (χ2n) is 10.6. The Morgan fingerprint density at radius 2 is 1.20 bits per heavy atom. The zero-order valence-corrected chi connectivity index (χ0v) is 23.1. The van der Waals surface area contributed by atoms with Crippen molar-refractivity contribution >= 4 is 48.6 Å². The number of anilines is 2. The number of thiophene rings is 1. The molecule has 3 heteroatoms. The van der Waals surface area contributed by atoms with Gasteiger partial charge in [0.25, 0.3) is 0 Å². The van der Waals surface area contributed by atoms with Crippen molar-refractivity contribution in [2.24, 2.45) is 5.92 Å². The van der Waals surface area contributed by atoms with Gasteiger partial charge in [0.05, 0.1) is 0 Å².